The minimum atomic E-state index is -3.49. The van der Waals surface area contributed by atoms with Crippen LogP contribution < -0.4 is 5.32 Å². The first-order valence-corrected chi connectivity index (χ1v) is 10.1. The van der Waals surface area contributed by atoms with Gasteiger partial charge in [0.15, 0.2) is 9.84 Å². The lowest BCUT2D eigenvalue weighted by atomic mass is 10.1. The van der Waals surface area contributed by atoms with Crippen molar-refractivity contribution in [3.05, 3.63) is 71.3 Å². The van der Waals surface area contributed by atoms with Crippen LogP contribution in [0.3, 0.4) is 0 Å². The van der Waals surface area contributed by atoms with E-state index in [0.29, 0.717) is 18.4 Å². The van der Waals surface area contributed by atoms with Crippen molar-refractivity contribution in [2.45, 2.75) is 19.3 Å². The van der Waals surface area contributed by atoms with Gasteiger partial charge in [0.25, 0.3) is 0 Å². The van der Waals surface area contributed by atoms with Gasteiger partial charge in [0, 0.05) is 12.6 Å². The number of nitrogens with one attached hydrogen (secondary N) is 1. The van der Waals surface area contributed by atoms with Crippen LogP contribution in [0, 0.1) is 11.6 Å². The van der Waals surface area contributed by atoms with E-state index < -0.39 is 33.1 Å². The molecule has 2 aromatic carbocycles. The molecule has 0 aromatic heterocycles. The molecule has 0 heterocycles. The molecular formula is C19H21F2NO3S. The number of rotatable bonds is 9. The Labute approximate surface area is 152 Å². The first-order valence-electron chi connectivity index (χ1n) is 8.30. The van der Waals surface area contributed by atoms with Gasteiger partial charge in [-0.05, 0) is 42.5 Å². The fourth-order valence-corrected chi connectivity index (χ4v) is 3.80. The number of hydrogen-bond acceptors (Lipinski definition) is 3. The summed E-state index contributed by atoms with van der Waals surface area (Å²) >= 11 is 0. The molecule has 0 saturated heterocycles. The van der Waals surface area contributed by atoms with Crippen LogP contribution >= 0.6 is 0 Å². The number of carbonyl (C=O) groups excluding carboxylic acids is 1. The minimum Gasteiger partial charge on any atom is -0.355 e. The lowest BCUT2D eigenvalue weighted by molar-refractivity contribution is -0.118. The van der Waals surface area contributed by atoms with Gasteiger partial charge in [0.2, 0.25) is 5.91 Å². The Morgan fingerprint density at radius 2 is 1.58 bits per heavy atom. The maximum Gasteiger partial charge on any atom is 0.235 e. The molecule has 0 atom stereocenters. The van der Waals surface area contributed by atoms with Gasteiger partial charge in [-0.3, -0.25) is 4.79 Å². The Morgan fingerprint density at radius 3 is 2.23 bits per heavy atom. The molecule has 140 valence electrons. The molecule has 0 aliphatic heterocycles. The van der Waals surface area contributed by atoms with Gasteiger partial charge in [-0.2, -0.15) is 0 Å². The van der Waals surface area contributed by atoms with Gasteiger partial charge in [0.1, 0.15) is 17.4 Å². The van der Waals surface area contributed by atoms with Crippen LogP contribution in [0.4, 0.5) is 8.78 Å². The molecule has 0 saturated carbocycles. The number of amides is 1. The number of aryl methyl sites for hydroxylation is 1. The van der Waals surface area contributed by atoms with Gasteiger partial charge >= 0.3 is 0 Å². The SMILES string of the molecule is O=C(CS(=O)(=O)CCCc1ccccc1)NCCc1cc(F)cc(F)c1. The van der Waals surface area contributed by atoms with E-state index in [1.54, 1.807) is 0 Å². The monoisotopic (exact) mass is 381 g/mol. The molecule has 0 bridgehead atoms. The largest absolute Gasteiger partial charge is 0.355 e. The predicted molar refractivity (Wildman–Crippen MR) is 96.5 cm³/mol. The quantitative estimate of drug-likeness (QED) is 0.726. The highest BCUT2D eigenvalue weighted by atomic mass is 32.2. The second-order valence-electron chi connectivity index (χ2n) is 6.06. The zero-order chi connectivity index (χ0) is 19.0. The molecule has 26 heavy (non-hydrogen) atoms. The van der Waals surface area contributed by atoms with Crippen LogP contribution in [-0.4, -0.2) is 32.4 Å². The summed E-state index contributed by atoms with van der Waals surface area (Å²) in [6.45, 7) is 0.112. The van der Waals surface area contributed by atoms with E-state index in [4.69, 9.17) is 0 Å². The Morgan fingerprint density at radius 1 is 0.923 bits per heavy atom. The molecule has 4 nitrogen and oxygen atoms in total. The molecule has 0 spiro atoms. The summed E-state index contributed by atoms with van der Waals surface area (Å²) in [5.74, 6) is -2.63. The van der Waals surface area contributed by atoms with E-state index in [9.17, 15) is 22.0 Å². The zero-order valence-corrected chi connectivity index (χ0v) is 15.1. The van der Waals surface area contributed by atoms with Crippen LogP contribution in [-0.2, 0) is 27.5 Å². The number of halogens is 2. The molecule has 2 aromatic rings. The van der Waals surface area contributed by atoms with E-state index in [0.717, 1.165) is 11.6 Å². The third kappa shape index (κ3) is 7.31. The van der Waals surface area contributed by atoms with Crippen molar-refractivity contribution in [2.24, 2.45) is 0 Å². The molecule has 0 fully saturated rings. The summed E-state index contributed by atoms with van der Waals surface area (Å²) in [7, 11) is -3.49. The van der Waals surface area contributed by atoms with Crippen LogP contribution in [0.5, 0.6) is 0 Å². The van der Waals surface area contributed by atoms with E-state index in [2.05, 4.69) is 5.32 Å². The fourth-order valence-electron chi connectivity index (χ4n) is 2.57. The van der Waals surface area contributed by atoms with Crippen molar-refractivity contribution >= 4 is 15.7 Å². The first kappa shape index (κ1) is 20.0. The van der Waals surface area contributed by atoms with Crippen molar-refractivity contribution < 1.29 is 22.0 Å². The van der Waals surface area contributed by atoms with Gasteiger partial charge in [0.05, 0.1) is 5.75 Å². The van der Waals surface area contributed by atoms with Crippen molar-refractivity contribution in [3.63, 3.8) is 0 Å². The average Bonchev–Trinajstić information content (AvgIpc) is 2.54. The zero-order valence-electron chi connectivity index (χ0n) is 14.3. The lowest BCUT2D eigenvalue weighted by Crippen LogP contribution is -2.32. The molecule has 0 aliphatic carbocycles. The Balaban J connectivity index is 1.71. The van der Waals surface area contributed by atoms with Gasteiger partial charge in [-0.15, -0.1) is 0 Å². The summed E-state index contributed by atoms with van der Waals surface area (Å²) < 4.78 is 50.1. The van der Waals surface area contributed by atoms with Crippen molar-refractivity contribution in [1.29, 1.82) is 0 Å². The van der Waals surface area contributed by atoms with E-state index >= 15 is 0 Å². The van der Waals surface area contributed by atoms with Gasteiger partial charge in [-0.1, -0.05) is 30.3 Å². The van der Waals surface area contributed by atoms with Crippen LogP contribution in [0.15, 0.2) is 48.5 Å². The van der Waals surface area contributed by atoms with Crippen LogP contribution in [0.1, 0.15) is 17.5 Å². The maximum atomic E-state index is 13.1. The Bertz CT molecular complexity index is 819. The van der Waals surface area contributed by atoms with Crippen molar-refractivity contribution in [3.8, 4) is 0 Å². The van der Waals surface area contributed by atoms with Crippen molar-refractivity contribution in [2.75, 3.05) is 18.1 Å². The fraction of sp³-hybridized carbons (Fsp3) is 0.316. The summed E-state index contributed by atoms with van der Waals surface area (Å²) in [5.41, 5.74) is 1.45. The predicted octanol–water partition coefficient (Wildman–Crippen LogP) is 2.67. The molecule has 0 radical (unpaired) electrons. The topological polar surface area (TPSA) is 63.2 Å². The number of hydrogen-bond donors (Lipinski definition) is 1. The second-order valence-corrected chi connectivity index (χ2v) is 8.24. The molecular weight excluding hydrogens is 360 g/mol. The highest BCUT2D eigenvalue weighted by molar-refractivity contribution is 7.92. The van der Waals surface area contributed by atoms with Crippen LogP contribution in [0.2, 0.25) is 0 Å². The minimum absolute atomic E-state index is 0.0651. The summed E-state index contributed by atoms with van der Waals surface area (Å²) in [6, 6.07) is 12.6. The van der Waals surface area contributed by atoms with E-state index in [-0.39, 0.29) is 18.7 Å². The summed E-state index contributed by atoms with van der Waals surface area (Å²) in [5, 5.41) is 2.47. The highest BCUT2D eigenvalue weighted by Gasteiger charge is 2.16. The molecule has 7 heteroatoms. The lowest BCUT2D eigenvalue weighted by Gasteiger charge is -2.07. The standard InChI is InChI=1S/C19H21F2NO3S/c20-17-11-16(12-18(21)13-17)8-9-22-19(23)14-26(24,25)10-4-7-15-5-2-1-3-6-15/h1-3,5-6,11-13H,4,7-10,14H2,(H,22,23). The number of carbonyl (C=O) groups is 1. The Kier molecular flexibility index (Phi) is 7.26. The van der Waals surface area contributed by atoms with Crippen molar-refractivity contribution in [1.82, 2.24) is 5.32 Å². The molecule has 0 aliphatic rings. The Hall–Kier alpha value is -2.28. The summed E-state index contributed by atoms with van der Waals surface area (Å²) in [4.78, 5) is 11.8. The normalized spacial score (nSPS) is 11.3. The molecule has 1 N–H and O–H groups in total. The third-order valence-electron chi connectivity index (χ3n) is 3.77. The van der Waals surface area contributed by atoms with E-state index in [1.165, 1.54) is 12.1 Å². The highest BCUT2D eigenvalue weighted by Crippen LogP contribution is 2.08. The molecule has 2 rings (SSSR count). The first-order chi connectivity index (χ1) is 12.3. The van der Waals surface area contributed by atoms with Gasteiger partial charge in [-0.25, -0.2) is 17.2 Å². The summed E-state index contributed by atoms with van der Waals surface area (Å²) in [6.07, 6.45) is 1.30. The smallest absolute Gasteiger partial charge is 0.235 e. The number of benzene rings is 2. The van der Waals surface area contributed by atoms with Crippen LogP contribution in [0.25, 0.3) is 0 Å². The maximum absolute atomic E-state index is 13.1. The second kappa shape index (κ2) is 9.43. The third-order valence-corrected chi connectivity index (χ3v) is 5.39. The van der Waals surface area contributed by atoms with E-state index in [1.807, 2.05) is 30.3 Å². The van der Waals surface area contributed by atoms with Gasteiger partial charge < -0.3 is 5.32 Å². The average molecular weight is 381 g/mol. The molecule has 0 unspecified atom stereocenters. The number of sulfone groups is 1. The molecule has 1 amide bonds.